The van der Waals surface area contributed by atoms with E-state index in [9.17, 15) is 4.79 Å². The fourth-order valence-electron chi connectivity index (χ4n) is 1.28. The number of hydrogen-bond acceptors (Lipinski definition) is 4. The van der Waals surface area contributed by atoms with Crippen LogP contribution in [0.5, 0.6) is 0 Å². The first kappa shape index (κ1) is 13.1. The van der Waals surface area contributed by atoms with Crippen molar-refractivity contribution in [1.29, 1.82) is 0 Å². The van der Waals surface area contributed by atoms with Crippen LogP contribution < -0.4 is 10.6 Å². The Morgan fingerprint density at radius 1 is 1.44 bits per heavy atom. The second-order valence-corrected chi connectivity index (χ2v) is 4.30. The van der Waals surface area contributed by atoms with E-state index in [0.29, 0.717) is 13.0 Å². The Labute approximate surface area is 100 Å². The smallest absolute Gasteiger partial charge is 0.220 e. The first-order valence-electron chi connectivity index (χ1n) is 5.67. The molecule has 16 heavy (non-hydrogen) atoms. The molecule has 1 aromatic heterocycles. The highest BCUT2D eigenvalue weighted by Gasteiger charge is 2.02. The van der Waals surface area contributed by atoms with Gasteiger partial charge in [-0.2, -0.15) is 0 Å². The molecule has 4 nitrogen and oxygen atoms in total. The first-order valence-corrected chi connectivity index (χ1v) is 6.61. The summed E-state index contributed by atoms with van der Waals surface area (Å²) in [7, 11) is 0. The molecule has 0 radical (unpaired) electrons. The maximum atomic E-state index is 11.4. The predicted octanol–water partition coefficient (Wildman–Crippen LogP) is 1.19. The van der Waals surface area contributed by atoms with Crippen molar-refractivity contribution in [3.05, 3.63) is 16.6 Å². The fourth-order valence-corrected chi connectivity index (χ4v) is 1.88. The molecule has 2 N–H and O–H groups in total. The van der Waals surface area contributed by atoms with Crippen molar-refractivity contribution >= 4 is 17.2 Å². The molecule has 0 spiro atoms. The number of nitrogens with one attached hydrogen (secondary N) is 2. The van der Waals surface area contributed by atoms with Crippen LogP contribution in [0.25, 0.3) is 0 Å². The van der Waals surface area contributed by atoms with E-state index in [-0.39, 0.29) is 5.91 Å². The van der Waals surface area contributed by atoms with Gasteiger partial charge < -0.3 is 10.6 Å². The number of thiazole rings is 1. The normalized spacial score (nSPS) is 10.3. The average Bonchev–Trinajstić information content (AvgIpc) is 2.79. The Kier molecular flexibility index (Phi) is 6.76. The molecular formula is C11H19N3OS. The molecule has 90 valence electrons. The summed E-state index contributed by atoms with van der Waals surface area (Å²) < 4.78 is 0. The molecular weight excluding hydrogens is 222 g/mol. The van der Waals surface area contributed by atoms with Gasteiger partial charge >= 0.3 is 0 Å². The summed E-state index contributed by atoms with van der Waals surface area (Å²) in [6.45, 7) is 4.68. The van der Waals surface area contributed by atoms with Gasteiger partial charge in [0.15, 0.2) is 0 Å². The van der Waals surface area contributed by atoms with Crippen LogP contribution in [0, 0.1) is 0 Å². The first-order chi connectivity index (χ1) is 7.83. The van der Waals surface area contributed by atoms with Gasteiger partial charge in [0.25, 0.3) is 0 Å². The number of carbonyl (C=O) groups is 1. The summed E-state index contributed by atoms with van der Waals surface area (Å²) in [5.41, 5.74) is 2.80. The topological polar surface area (TPSA) is 54.0 Å². The van der Waals surface area contributed by atoms with Crippen LogP contribution in [0.3, 0.4) is 0 Å². The lowest BCUT2D eigenvalue weighted by atomic mass is 10.2. The van der Waals surface area contributed by atoms with Crippen LogP contribution >= 0.6 is 11.3 Å². The van der Waals surface area contributed by atoms with Gasteiger partial charge in [0.05, 0.1) is 11.2 Å². The Morgan fingerprint density at radius 2 is 2.31 bits per heavy atom. The van der Waals surface area contributed by atoms with E-state index in [1.807, 2.05) is 5.38 Å². The summed E-state index contributed by atoms with van der Waals surface area (Å²) in [6.07, 6.45) is 2.38. The molecule has 0 atom stereocenters. The minimum absolute atomic E-state index is 0.103. The highest BCUT2D eigenvalue weighted by atomic mass is 32.1. The molecule has 0 saturated heterocycles. The van der Waals surface area contributed by atoms with E-state index < -0.39 is 0 Å². The standard InChI is InChI=1S/C11H19N3OS/c1-2-5-12-6-7-13-11(15)4-3-10-8-16-9-14-10/h8-9,12H,2-7H2,1H3,(H,13,15). The molecule has 1 heterocycles. The summed E-state index contributed by atoms with van der Waals surface area (Å²) in [5.74, 6) is 0.103. The molecule has 0 bridgehead atoms. The second-order valence-electron chi connectivity index (χ2n) is 3.58. The molecule has 0 aliphatic carbocycles. The van der Waals surface area contributed by atoms with E-state index in [1.54, 1.807) is 16.8 Å². The van der Waals surface area contributed by atoms with Gasteiger partial charge in [0.1, 0.15) is 0 Å². The SMILES string of the molecule is CCCNCCNC(=O)CCc1cscn1. The fraction of sp³-hybridized carbons (Fsp3) is 0.636. The zero-order valence-corrected chi connectivity index (χ0v) is 10.5. The molecule has 0 unspecified atom stereocenters. The van der Waals surface area contributed by atoms with Crippen LogP contribution in [-0.2, 0) is 11.2 Å². The van der Waals surface area contributed by atoms with Crippen LogP contribution in [0.15, 0.2) is 10.9 Å². The van der Waals surface area contributed by atoms with Crippen molar-refractivity contribution in [2.24, 2.45) is 0 Å². The van der Waals surface area contributed by atoms with E-state index >= 15 is 0 Å². The van der Waals surface area contributed by atoms with Gasteiger partial charge in [0.2, 0.25) is 5.91 Å². The summed E-state index contributed by atoms with van der Waals surface area (Å²) in [5, 5.41) is 8.10. The number of carbonyl (C=O) groups excluding carboxylic acids is 1. The quantitative estimate of drug-likeness (QED) is 0.672. The summed E-state index contributed by atoms with van der Waals surface area (Å²) in [6, 6.07) is 0. The number of amides is 1. The lowest BCUT2D eigenvalue weighted by Crippen LogP contribution is -2.32. The predicted molar refractivity (Wildman–Crippen MR) is 66.6 cm³/mol. The molecule has 5 heteroatoms. The molecule has 1 aromatic rings. The minimum Gasteiger partial charge on any atom is -0.355 e. The Hall–Kier alpha value is -0.940. The molecule has 0 aromatic carbocycles. The van der Waals surface area contributed by atoms with E-state index in [4.69, 9.17) is 0 Å². The van der Waals surface area contributed by atoms with Gasteiger partial charge in [0, 0.05) is 24.9 Å². The zero-order chi connectivity index (χ0) is 11.6. The number of rotatable bonds is 8. The van der Waals surface area contributed by atoms with Gasteiger partial charge in [-0.1, -0.05) is 6.92 Å². The highest BCUT2D eigenvalue weighted by molar-refractivity contribution is 7.07. The Morgan fingerprint density at radius 3 is 3.00 bits per heavy atom. The van der Waals surface area contributed by atoms with Gasteiger partial charge in [-0.15, -0.1) is 11.3 Å². The summed E-state index contributed by atoms with van der Waals surface area (Å²) >= 11 is 1.57. The minimum atomic E-state index is 0.103. The zero-order valence-electron chi connectivity index (χ0n) is 9.66. The van der Waals surface area contributed by atoms with Crippen LogP contribution in [-0.4, -0.2) is 30.5 Å². The third-order valence-corrected chi connectivity index (χ3v) is 2.78. The van der Waals surface area contributed by atoms with E-state index in [1.165, 1.54) is 0 Å². The highest BCUT2D eigenvalue weighted by Crippen LogP contribution is 2.03. The van der Waals surface area contributed by atoms with Crippen LogP contribution in [0.4, 0.5) is 0 Å². The van der Waals surface area contributed by atoms with Gasteiger partial charge in [-0.05, 0) is 19.4 Å². The maximum absolute atomic E-state index is 11.4. The lowest BCUT2D eigenvalue weighted by Gasteiger charge is -2.05. The second kappa shape index (κ2) is 8.24. The third-order valence-electron chi connectivity index (χ3n) is 2.14. The molecule has 0 saturated carbocycles. The van der Waals surface area contributed by atoms with Crippen molar-refractivity contribution in [3.8, 4) is 0 Å². The Balaban J connectivity index is 1.99. The molecule has 0 aliphatic rings. The van der Waals surface area contributed by atoms with Crippen molar-refractivity contribution in [1.82, 2.24) is 15.6 Å². The van der Waals surface area contributed by atoms with Crippen molar-refractivity contribution in [2.75, 3.05) is 19.6 Å². The summed E-state index contributed by atoms with van der Waals surface area (Å²) in [4.78, 5) is 15.5. The molecule has 0 aliphatic heterocycles. The number of nitrogens with zero attached hydrogens (tertiary/aromatic N) is 1. The average molecular weight is 241 g/mol. The largest absolute Gasteiger partial charge is 0.355 e. The van der Waals surface area contributed by atoms with E-state index in [2.05, 4.69) is 22.5 Å². The van der Waals surface area contributed by atoms with Crippen molar-refractivity contribution in [3.63, 3.8) is 0 Å². The molecule has 1 rings (SSSR count). The van der Waals surface area contributed by atoms with Crippen molar-refractivity contribution < 1.29 is 4.79 Å². The van der Waals surface area contributed by atoms with Crippen molar-refractivity contribution in [2.45, 2.75) is 26.2 Å². The Bertz CT molecular complexity index is 287. The maximum Gasteiger partial charge on any atom is 0.220 e. The van der Waals surface area contributed by atoms with Crippen LogP contribution in [0.1, 0.15) is 25.5 Å². The lowest BCUT2D eigenvalue weighted by molar-refractivity contribution is -0.121. The number of hydrogen-bond donors (Lipinski definition) is 2. The number of aryl methyl sites for hydroxylation is 1. The molecule has 1 amide bonds. The van der Waals surface area contributed by atoms with Gasteiger partial charge in [-0.3, -0.25) is 4.79 Å². The third kappa shape index (κ3) is 5.82. The van der Waals surface area contributed by atoms with E-state index in [0.717, 1.165) is 31.6 Å². The monoisotopic (exact) mass is 241 g/mol. The molecule has 0 fully saturated rings. The number of aromatic nitrogens is 1. The van der Waals surface area contributed by atoms with Gasteiger partial charge in [-0.25, -0.2) is 4.98 Å². The van der Waals surface area contributed by atoms with Crippen LogP contribution in [0.2, 0.25) is 0 Å².